The smallest absolute Gasteiger partial charge is 0.338 e. The lowest BCUT2D eigenvalue weighted by molar-refractivity contribution is -0.130. The van der Waals surface area contributed by atoms with E-state index in [1.165, 1.54) is 0 Å². The van der Waals surface area contributed by atoms with Crippen LogP contribution >= 0.6 is 0 Å². The molecule has 2 heteroatoms. The van der Waals surface area contributed by atoms with Crippen LogP contribution in [0.15, 0.2) is 29.8 Å². The second kappa shape index (κ2) is 5.67. The normalized spacial score (nSPS) is 11.8. The van der Waals surface area contributed by atoms with E-state index < -0.39 is 0 Å². The van der Waals surface area contributed by atoms with Crippen molar-refractivity contribution in [2.24, 2.45) is 0 Å². The Labute approximate surface area is 103 Å². The van der Waals surface area contributed by atoms with Gasteiger partial charge in [0.2, 0.25) is 0 Å². The summed E-state index contributed by atoms with van der Waals surface area (Å²) in [5.74, 6) is 0.732. The predicted octanol–water partition coefficient (Wildman–Crippen LogP) is 3.99. The van der Waals surface area contributed by atoms with Gasteiger partial charge in [-0.1, -0.05) is 32.1 Å². The third-order valence-electron chi connectivity index (χ3n) is 2.75. The molecule has 0 heterocycles. The van der Waals surface area contributed by atoms with E-state index >= 15 is 0 Å². The average Bonchev–Trinajstić information content (AvgIpc) is 2.27. The number of allylic oxidation sites excluding steroid dienone is 1. The minimum absolute atomic E-state index is 0.278. The summed E-state index contributed by atoms with van der Waals surface area (Å²) < 4.78 is 5.43. The number of carbonyl (C=O) groups excluding carboxylic acids is 1. The van der Waals surface area contributed by atoms with Crippen LogP contribution in [0.4, 0.5) is 0 Å². The first-order valence-corrected chi connectivity index (χ1v) is 5.91. The van der Waals surface area contributed by atoms with Gasteiger partial charge in [-0.15, -0.1) is 0 Å². The molecule has 0 aliphatic carbocycles. The Bertz CT molecular complexity index is 442. The first kappa shape index (κ1) is 13.5. The Morgan fingerprint density at radius 2 is 2.00 bits per heavy atom. The maximum Gasteiger partial charge on any atom is 0.338 e. The molecule has 0 aliphatic heterocycles. The van der Waals surface area contributed by atoms with Crippen molar-refractivity contribution in [2.45, 2.75) is 40.5 Å². The molecule has 0 aromatic heterocycles. The largest absolute Gasteiger partial charge is 0.423 e. The Balaban J connectivity index is 3.04. The molecule has 17 heavy (non-hydrogen) atoms. The van der Waals surface area contributed by atoms with E-state index in [-0.39, 0.29) is 5.97 Å². The lowest BCUT2D eigenvalue weighted by atomic mass is 10.0. The summed E-state index contributed by atoms with van der Waals surface area (Å²) in [6.07, 6.45) is 1.76. The summed E-state index contributed by atoms with van der Waals surface area (Å²) >= 11 is 0. The van der Waals surface area contributed by atoms with Gasteiger partial charge in [-0.2, -0.15) is 0 Å². The van der Waals surface area contributed by atoms with E-state index in [0.29, 0.717) is 17.2 Å². The van der Waals surface area contributed by atoms with Gasteiger partial charge in [0.05, 0.1) is 0 Å². The quantitative estimate of drug-likeness (QED) is 0.447. The molecule has 0 radical (unpaired) electrons. The van der Waals surface area contributed by atoms with Crippen molar-refractivity contribution in [3.63, 3.8) is 0 Å². The van der Waals surface area contributed by atoms with Crippen LogP contribution in [0.2, 0.25) is 0 Å². The third-order valence-corrected chi connectivity index (χ3v) is 2.75. The van der Waals surface area contributed by atoms with Gasteiger partial charge in [0.25, 0.3) is 0 Å². The van der Waals surface area contributed by atoms with Crippen LogP contribution in [-0.4, -0.2) is 5.97 Å². The van der Waals surface area contributed by atoms with Crippen LogP contribution in [0.3, 0.4) is 0 Å². The fourth-order valence-corrected chi connectivity index (χ4v) is 1.51. The van der Waals surface area contributed by atoms with Crippen molar-refractivity contribution in [1.29, 1.82) is 0 Å². The minimum atomic E-state index is -0.278. The number of hydrogen-bond acceptors (Lipinski definition) is 2. The SMILES string of the molecule is C/C=C(/C)C(=O)Oc1cc(C)ccc1C(C)C. The number of ether oxygens (including phenoxy) is 1. The highest BCUT2D eigenvalue weighted by molar-refractivity contribution is 5.89. The van der Waals surface area contributed by atoms with Gasteiger partial charge in [-0.05, 0) is 43.9 Å². The highest BCUT2D eigenvalue weighted by atomic mass is 16.5. The highest BCUT2D eigenvalue weighted by Crippen LogP contribution is 2.28. The molecule has 0 amide bonds. The van der Waals surface area contributed by atoms with Crippen LogP contribution in [0.25, 0.3) is 0 Å². The monoisotopic (exact) mass is 232 g/mol. The van der Waals surface area contributed by atoms with Crippen molar-refractivity contribution in [3.8, 4) is 5.75 Å². The lowest BCUT2D eigenvalue weighted by Crippen LogP contribution is -2.11. The van der Waals surface area contributed by atoms with Gasteiger partial charge >= 0.3 is 5.97 Å². The zero-order valence-corrected chi connectivity index (χ0v) is 11.2. The van der Waals surface area contributed by atoms with Crippen molar-refractivity contribution >= 4 is 5.97 Å². The van der Waals surface area contributed by atoms with Gasteiger partial charge < -0.3 is 4.74 Å². The highest BCUT2D eigenvalue weighted by Gasteiger charge is 2.12. The number of carbonyl (C=O) groups is 1. The molecule has 0 unspecified atom stereocenters. The molecular weight excluding hydrogens is 212 g/mol. The van der Waals surface area contributed by atoms with Crippen LogP contribution in [-0.2, 0) is 4.79 Å². The summed E-state index contributed by atoms with van der Waals surface area (Å²) in [7, 11) is 0. The standard InChI is InChI=1S/C15H20O2/c1-6-12(5)15(16)17-14-9-11(4)7-8-13(14)10(2)3/h6-10H,1-5H3/b12-6-. The van der Waals surface area contributed by atoms with Gasteiger partial charge in [0.1, 0.15) is 5.75 Å². The van der Waals surface area contributed by atoms with Crippen LogP contribution in [0.5, 0.6) is 5.75 Å². The molecule has 0 bridgehead atoms. The molecule has 2 nitrogen and oxygen atoms in total. The summed E-state index contributed by atoms with van der Waals surface area (Å²) in [5.41, 5.74) is 2.78. The van der Waals surface area contributed by atoms with E-state index in [9.17, 15) is 4.79 Å². The van der Waals surface area contributed by atoms with Crippen LogP contribution in [0.1, 0.15) is 44.7 Å². The predicted molar refractivity (Wildman–Crippen MR) is 70.3 cm³/mol. The Morgan fingerprint density at radius 1 is 1.35 bits per heavy atom. The molecule has 92 valence electrons. The maximum absolute atomic E-state index is 11.7. The van der Waals surface area contributed by atoms with Crippen molar-refractivity contribution < 1.29 is 9.53 Å². The second-order valence-electron chi connectivity index (χ2n) is 4.56. The first-order chi connectivity index (χ1) is 7.95. The Morgan fingerprint density at radius 3 is 2.53 bits per heavy atom. The van der Waals surface area contributed by atoms with Gasteiger partial charge in [-0.25, -0.2) is 4.79 Å². The van der Waals surface area contributed by atoms with Gasteiger partial charge in [-0.3, -0.25) is 0 Å². The van der Waals surface area contributed by atoms with Crippen molar-refractivity contribution in [3.05, 3.63) is 41.0 Å². The maximum atomic E-state index is 11.7. The molecule has 0 saturated heterocycles. The molecule has 0 aliphatic rings. The Hall–Kier alpha value is -1.57. The average molecular weight is 232 g/mol. The zero-order valence-electron chi connectivity index (χ0n) is 11.2. The second-order valence-corrected chi connectivity index (χ2v) is 4.56. The van der Waals surface area contributed by atoms with E-state index in [2.05, 4.69) is 13.8 Å². The number of esters is 1. The number of aryl methyl sites for hydroxylation is 1. The number of benzene rings is 1. The molecule has 1 aromatic carbocycles. The fraction of sp³-hybridized carbons (Fsp3) is 0.400. The molecule has 0 fully saturated rings. The fourth-order valence-electron chi connectivity index (χ4n) is 1.51. The van der Waals surface area contributed by atoms with E-state index in [1.807, 2.05) is 32.0 Å². The third kappa shape index (κ3) is 3.45. The molecule has 0 atom stereocenters. The zero-order chi connectivity index (χ0) is 13.0. The number of rotatable bonds is 3. The van der Waals surface area contributed by atoms with Gasteiger partial charge in [0, 0.05) is 5.57 Å². The summed E-state index contributed by atoms with van der Waals surface area (Å²) in [5, 5.41) is 0. The molecule has 0 saturated carbocycles. The number of hydrogen-bond donors (Lipinski definition) is 0. The Kier molecular flexibility index (Phi) is 4.50. The minimum Gasteiger partial charge on any atom is -0.423 e. The van der Waals surface area contributed by atoms with Crippen molar-refractivity contribution in [1.82, 2.24) is 0 Å². The lowest BCUT2D eigenvalue weighted by Gasteiger charge is -2.13. The molecule has 0 spiro atoms. The summed E-state index contributed by atoms with van der Waals surface area (Å²) in [6.45, 7) is 9.75. The molecular formula is C15H20O2. The van der Waals surface area contributed by atoms with E-state index in [0.717, 1.165) is 11.1 Å². The van der Waals surface area contributed by atoms with Crippen molar-refractivity contribution in [2.75, 3.05) is 0 Å². The molecule has 0 N–H and O–H groups in total. The summed E-state index contributed by atoms with van der Waals surface area (Å²) in [4.78, 5) is 11.7. The van der Waals surface area contributed by atoms with Gasteiger partial charge in [0.15, 0.2) is 0 Å². The van der Waals surface area contributed by atoms with Crippen LogP contribution in [0, 0.1) is 6.92 Å². The van der Waals surface area contributed by atoms with Crippen LogP contribution < -0.4 is 4.74 Å². The topological polar surface area (TPSA) is 26.3 Å². The van der Waals surface area contributed by atoms with E-state index in [1.54, 1.807) is 13.0 Å². The molecule has 1 aromatic rings. The first-order valence-electron chi connectivity index (χ1n) is 5.91. The van der Waals surface area contributed by atoms with E-state index in [4.69, 9.17) is 4.74 Å². The summed E-state index contributed by atoms with van der Waals surface area (Å²) in [6, 6.07) is 5.97. The molecule has 1 rings (SSSR count).